The van der Waals surface area contributed by atoms with Gasteiger partial charge in [-0.25, -0.2) is 4.79 Å². The van der Waals surface area contributed by atoms with Gasteiger partial charge in [0.2, 0.25) is 6.79 Å². The second-order valence-electron chi connectivity index (χ2n) is 4.52. The van der Waals surface area contributed by atoms with Crippen LogP contribution in [-0.2, 0) is 14.3 Å². The predicted molar refractivity (Wildman–Crippen MR) is 80.7 cm³/mol. The monoisotopic (exact) mass is 303 g/mol. The lowest BCUT2D eigenvalue weighted by Gasteiger charge is -2.12. The lowest BCUT2D eigenvalue weighted by Crippen LogP contribution is -2.29. The third kappa shape index (κ3) is 4.12. The Balaban J connectivity index is 1.90. The Kier molecular flexibility index (Phi) is 5.19. The lowest BCUT2D eigenvalue weighted by molar-refractivity contribution is -0.148. The van der Waals surface area contributed by atoms with Gasteiger partial charge in [0, 0.05) is 17.8 Å². The zero-order chi connectivity index (χ0) is 15.9. The largest absolute Gasteiger partial charge is 0.454 e. The molecule has 0 aliphatic carbocycles. The normalized spacial score (nSPS) is 14.3. The molecular weight excluding hydrogens is 286 g/mol. The number of anilines is 1. The Morgan fingerprint density at radius 3 is 2.82 bits per heavy atom. The minimum Gasteiger partial charge on any atom is -0.454 e. The van der Waals surface area contributed by atoms with Crippen molar-refractivity contribution < 1.29 is 23.8 Å². The first-order valence-corrected chi connectivity index (χ1v) is 6.80. The summed E-state index contributed by atoms with van der Waals surface area (Å²) in [5, 5.41) is 2.65. The minimum atomic E-state index is -0.909. The highest BCUT2D eigenvalue weighted by Gasteiger charge is 2.18. The summed E-state index contributed by atoms with van der Waals surface area (Å²) in [7, 11) is 0. The van der Waals surface area contributed by atoms with Crippen molar-refractivity contribution >= 4 is 17.6 Å². The Hall–Kier alpha value is -2.76. The van der Waals surface area contributed by atoms with Gasteiger partial charge in [-0.2, -0.15) is 0 Å². The fraction of sp³-hybridized carbons (Fsp3) is 0.250. The molecule has 22 heavy (non-hydrogen) atoms. The van der Waals surface area contributed by atoms with Crippen LogP contribution in [0.2, 0.25) is 0 Å². The number of nitrogens with one attached hydrogen (secondary N) is 1. The van der Waals surface area contributed by atoms with Crippen LogP contribution in [0.25, 0.3) is 0 Å². The van der Waals surface area contributed by atoms with Crippen LogP contribution in [0, 0.1) is 0 Å². The van der Waals surface area contributed by atoms with Crippen LogP contribution in [0.15, 0.2) is 42.5 Å². The standard InChI is InChI=1S/C16H17NO5/c1-3-4-5-6-15(18)22-11(2)16(19)17-12-7-8-13-14(9-12)21-10-20-13/h3-9,11H,10H2,1-2H3,(H,17,19). The Bertz CT molecular complexity index is 621. The van der Waals surface area contributed by atoms with E-state index in [1.807, 2.05) is 6.92 Å². The third-order valence-corrected chi connectivity index (χ3v) is 2.84. The molecule has 1 aromatic rings. The quantitative estimate of drug-likeness (QED) is 0.514. The first-order valence-electron chi connectivity index (χ1n) is 6.80. The molecule has 1 aliphatic rings. The fourth-order valence-electron chi connectivity index (χ4n) is 1.73. The molecule has 0 fully saturated rings. The van der Waals surface area contributed by atoms with Crippen LogP contribution in [-0.4, -0.2) is 24.8 Å². The molecule has 116 valence electrons. The highest BCUT2D eigenvalue weighted by atomic mass is 16.7. The molecule has 1 atom stereocenters. The molecule has 0 radical (unpaired) electrons. The van der Waals surface area contributed by atoms with Crippen LogP contribution in [0.1, 0.15) is 13.8 Å². The van der Waals surface area contributed by atoms with Crippen LogP contribution in [0.4, 0.5) is 5.69 Å². The molecule has 0 aromatic heterocycles. The van der Waals surface area contributed by atoms with Gasteiger partial charge in [-0.15, -0.1) is 0 Å². The number of hydrogen-bond donors (Lipinski definition) is 1. The number of allylic oxidation sites excluding steroid dienone is 3. The molecule has 0 saturated carbocycles. The van der Waals surface area contributed by atoms with Crippen LogP contribution in [0.3, 0.4) is 0 Å². The summed E-state index contributed by atoms with van der Waals surface area (Å²) in [6.07, 6.45) is 5.36. The lowest BCUT2D eigenvalue weighted by atomic mass is 10.2. The van der Waals surface area contributed by atoms with Crippen molar-refractivity contribution in [3.63, 3.8) is 0 Å². The molecule has 2 rings (SSSR count). The number of hydrogen-bond acceptors (Lipinski definition) is 5. The van der Waals surface area contributed by atoms with Gasteiger partial charge in [0.05, 0.1) is 0 Å². The Morgan fingerprint density at radius 1 is 1.27 bits per heavy atom. The molecule has 1 aliphatic heterocycles. The molecule has 1 N–H and O–H groups in total. The summed E-state index contributed by atoms with van der Waals surface area (Å²) in [5.74, 6) is 0.196. The second kappa shape index (κ2) is 7.31. The number of amides is 1. The van der Waals surface area contributed by atoms with E-state index in [1.165, 1.54) is 13.0 Å². The number of benzene rings is 1. The van der Waals surface area contributed by atoms with E-state index in [9.17, 15) is 9.59 Å². The summed E-state index contributed by atoms with van der Waals surface area (Å²) in [4.78, 5) is 23.5. The van der Waals surface area contributed by atoms with Crippen LogP contribution in [0.5, 0.6) is 11.5 Å². The van der Waals surface area contributed by atoms with E-state index in [-0.39, 0.29) is 6.79 Å². The number of carbonyl (C=O) groups is 2. The molecule has 6 nitrogen and oxygen atoms in total. The SMILES string of the molecule is CC=CC=CC(=O)OC(C)C(=O)Nc1ccc2c(c1)OCO2. The second-order valence-corrected chi connectivity index (χ2v) is 4.52. The molecule has 1 unspecified atom stereocenters. The first kappa shape index (κ1) is 15.6. The average molecular weight is 303 g/mol. The molecule has 0 bridgehead atoms. The topological polar surface area (TPSA) is 73.9 Å². The van der Waals surface area contributed by atoms with Gasteiger partial charge in [0.1, 0.15) is 0 Å². The predicted octanol–water partition coefficient (Wildman–Crippen LogP) is 2.42. The third-order valence-electron chi connectivity index (χ3n) is 2.84. The fourth-order valence-corrected chi connectivity index (χ4v) is 1.73. The van der Waals surface area contributed by atoms with Gasteiger partial charge in [0.15, 0.2) is 17.6 Å². The van der Waals surface area contributed by atoms with Crippen molar-refractivity contribution in [1.82, 2.24) is 0 Å². The van der Waals surface area contributed by atoms with E-state index in [0.29, 0.717) is 17.2 Å². The molecule has 0 saturated heterocycles. The first-order chi connectivity index (χ1) is 10.6. The minimum absolute atomic E-state index is 0.166. The van der Waals surface area contributed by atoms with Gasteiger partial charge in [-0.1, -0.05) is 18.2 Å². The maximum atomic E-state index is 12.0. The zero-order valence-corrected chi connectivity index (χ0v) is 12.4. The maximum absolute atomic E-state index is 12.0. The van der Waals surface area contributed by atoms with Gasteiger partial charge in [0.25, 0.3) is 5.91 Å². The Morgan fingerprint density at radius 2 is 2.05 bits per heavy atom. The van der Waals surface area contributed by atoms with Crippen LogP contribution < -0.4 is 14.8 Å². The van der Waals surface area contributed by atoms with E-state index >= 15 is 0 Å². The van der Waals surface area contributed by atoms with Crippen LogP contribution >= 0.6 is 0 Å². The molecular formula is C16H17NO5. The van der Waals surface area contributed by atoms with Crippen molar-refractivity contribution in [2.45, 2.75) is 20.0 Å². The smallest absolute Gasteiger partial charge is 0.331 e. The van der Waals surface area contributed by atoms with E-state index in [0.717, 1.165) is 0 Å². The maximum Gasteiger partial charge on any atom is 0.331 e. The van der Waals surface area contributed by atoms with Crippen molar-refractivity contribution in [3.05, 3.63) is 42.5 Å². The molecule has 6 heteroatoms. The van der Waals surface area contributed by atoms with Crippen molar-refractivity contribution in [2.24, 2.45) is 0 Å². The van der Waals surface area contributed by atoms with E-state index < -0.39 is 18.0 Å². The number of ether oxygens (including phenoxy) is 3. The summed E-state index contributed by atoms with van der Waals surface area (Å²) in [6, 6.07) is 5.04. The Labute approximate surface area is 128 Å². The summed E-state index contributed by atoms with van der Waals surface area (Å²) in [6.45, 7) is 3.50. The van der Waals surface area contributed by atoms with Crippen molar-refractivity contribution in [2.75, 3.05) is 12.1 Å². The van der Waals surface area contributed by atoms with Gasteiger partial charge >= 0.3 is 5.97 Å². The molecule has 1 aromatic carbocycles. The van der Waals surface area contributed by atoms with Gasteiger partial charge in [-0.05, 0) is 26.0 Å². The summed E-state index contributed by atoms with van der Waals surface area (Å²) >= 11 is 0. The highest BCUT2D eigenvalue weighted by molar-refractivity contribution is 5.96. The average Bonchev–Trinajstić information content (AvgIpc) is 2.95. The molecule has 1 heterocycles. The highest BCUT2D eigenvalue weighted by Crippen LogP contribution is 2.34. The molecule has 0 spiro atoms. The number of carbonyl (C=O) groups excluding carboxylic acids is 2. The number of rotatable bonds is 5. The molecule has 1 amide bonds. The number of esters is 1. The summed E-state index contributed by atoms with van der Waals surface area (Å²) in [5.41, 5.74) is 0.543. The number of fused-ring (bicyclic) bond motifs is 1. The van der Waals surface area contributed by atoms with Gasteiger partial charge < -0.3 is 19.5 Å². The van der Waals surface area contributed by atoms with Crippen molar-refractivity contribution in [3.8, 4) is 11.5 Å². The zero-order valence-electron chi connectivity index (χ0n) is 12.4. The van der Waals surface area contributed by atoms with Crippen molar-refractivity contribution in [1.29, 1.82) is 0 Å². The van der Waals surface area contributed by atoms with Gasteiger partial charge in [-0.3, -0.25) is 4.79 Å². The van der Waals surface area contributed by atoms with E-state index in [1.54, 1.807) is 36.4 Å². The summed E-state index contributed by atoms with van der Waals surface area (Å²) < 4.78 is 15.4. The van der Waals surface area contributed by atoms with E-state index in [2.05, 4.69) is 5.32 Å². The van der Waals surface area contributed by atoms with E-state index in [4.69, 9.17) is 14.2 Å².